The Morgan fingerprint density at radius 3 is 2.47 bits per heavy atom. The second-order valence-electron chi connectivity index (χ2n) is 3.84. The summed E-state index contributed by atoms with van der Waals surface area (Å²) < 4.78 is 5.62. The molecule has 0 radical (unpaired) electrons. The molecule has 82 valence electrons. The molecule has 0 spiro atoms. The van der Waals surface area contributed by atoms with E-state index in [0.29, 0.717) is 5.02 Å². The summed E-state index contributed by atoms with van der Waals surface area (Å²) in [6.07, 6.45) is 0.839. The summed E-state index contributed by atoms with van der Waals surface area (Å²) in [6, 6.07) is 6.94. The molecule has 1 aromatic rings. The fraction of sp³-hybridized carbons (Fsp3) is 0.455. The van der Waals surface area contributed by atoms with Crippen LogP contribution in [0.1, 0.15) is 12.8 Å². The smallest absolute Gasteiger partial charge is 0.126 e. The van der Waals surface area contributed by atoms with Gasteiger partial charge in [0.25, 0.3) is 0 Å². The van der Waals surface area contributed by atoms with Crippen molar-refractivity contribution in [2.75, 3.05) is 0 Å². The third-order valence-corrected chi connectivity index (χ3v) is 2.96. The van der Waals surface area contributed by atoms with Gasteiger partial charge in [-0.3, -0.25) is 0 Å². The first kappa shape index (κ1) is 10.7. The van der Waals surface area contributed by atoms with Crippen molar-refractivity contribution in [2.45, 2.75) is 31.1 Å². The summed E-state index contributed by atoms with van der Waals surface area (Å²) in [6.45, 7) is 0. The summed E-state index contributed by atoms with van der Waals surface area (Å²) >= 11 is 5.76. The number of nitrogens with two attached hydrogens (primary N) is 1. The number of hydrogen-bond donors (Lipinski definition) is 2. The van der Waals surface area contributed by atoms with Crippen molar-refractivity contribution in [2.24, 2.45) is 5.73 Å². The Bertz CT molecular complexity index is 328. The summed E-state index contributed by atoms with van der Waals surface area (Å²) in [5.41, 5.74) is 5.70. The van der Waals surface area contributed by atoms with Gasteiger partial charge in [0.2, 0.25) is 0 Å². The molecular formula is C11H14ClNO2. The van der Waals surface area contributed by atoms with E-state index in [1.165, 1.54) is 0 Å². The van der Waals surface area contributed by atoms with Crippen LogP contribution in [-0.2, 0) is 0 Å². The van der Waals surface area contributed by atoms with Crippen LogP contribution in [0, 0.1) is 0 Å². The minimum Gasteiger partial charge on any atom is -0.488 e. The molecule has 3 unspecified atom stereocenters. The van der Waals surface area contributed by atoms with Gasteiger partial charge in [-0.25, -0.2) is 0 Å². The Morgan fingerprint density at radius 1 is 1.27 bits per heavy atom. The van der Waals surface area contributed by atoms with Crippen LogP contribution in [0.25, 0.3) is 0 Å². The normalized spacial score (nSPS) is 30.5. The number of rotatable bonds is 2. The zero-order chi connectivity index (χ0) is 10.8. The molecular weight excluding hydrogens is 214 g/mol. The van der Waals surface area contributed by atoms with E-state index in [2.05, 4.69) is 0 Å². The van der Waals surface area contributed by atoms with Gasteiger partial charge in [0, 0.05) is 11.1 Å². The van der Waals surface area contributed by atoms with Gasteiger partial charge >= 0.3 is 0 Å². The van der Waals surface area contributed by atoms with Gasteiger partial charge in [-0.1, -0.05) is 11.6 Å². The van der Waals surface area contributed by atoms with E-state index in [0.717, 1.165) is 18.6 Å². The first-order valence-electron chi connectivity index (χ1n) is 5.02. The van der Waals surface area contributed by atoms with Crippen LogP contribution >= 0.6 is 11.6 Å². The van der Waals surface area contributed by atoms with E-state index in [4.69, 9.17) is 22.1 Å². The molecule has 0 aromatic heterocycles. The maximum atomic E-state index is 9.70. The standard InChI is InChI=1S/C11H14ClNO2/c12-7-1-3-8(4-2-7)15-10-6-5-9(13)11(10)14/h1-4,9-11,14H,5-6,13H2. The highest BCUT2D eigenvalue weighted by atomic mass is 35.5. The lowest BCUT2D eigenvalue weighted by molar-refractivity contribution is 0.0521. The van der Waals surface area contributed by atoms with Gasteiger partial charge in [-0.05, 0) is 37.1 Å². The van der Waals surface area contributed by atoms with Crippen molar-refractivity contribution in [3.8, 4) is 5.75 Å². The van der Waals surface area contributed by atoms with Crippen molar-refractivity contribution in [3.63, 3.8) is 0 Å². The average Bonchev–Trinajstić information content (AvgIpc) is 2.53. The average molecular weight is 228 g/mol. The molecule has 0 heterocycles. The van der Waals surface area contributed by atoms with Crippen molar-refractivity contribution in [3.05, 3.63) is 29.3 Å². The molecule has 0 aliphatic heterocycles. The predicted octanol–water partition coefficient (Wildman–Crippen LogP) is 1.57. The topological polar surface area (TPSA) is 55.5 Å². The molecule has 3 N–H and O–H groups in total. The second-order valence-corrected chi connectivity index (χ2v) is 4.28. The molecule has 0 saturated heterocycles. The van der Waals surface area contributed by atoms with E-state index >= 15 is 0 Å². The molecule has 4 heteroatoms. The number of benzene rings is 1. The molecule has 1 aliphatic rings. The van der Waals surface area contributed by atoms with Crippen LogP contribution in [0.4, 0.5) is 0 Å². The minimum absolute atomic E-state index is 0.165. The first-order valence-corrected chi connectivity index (χ1v) is 5.40. The van der Waals surface area contributed by atoms with Gasteiger partial charge in [0.15, 0.2) is 0 Å². The van der Waals surface area contributed by atoms with E-state index in [1.54, 1.807) is 24.3 Å². The van der Waals surface area contributed by atoms with E-state index < -0.39 is 6.10 Å². The molecule has 15 heavy (non-hydrogen) atoms. The Kier molecular flexibility index (Phi) is 3.14. The highest BCUT2D eigenvalue weighted by Crippen LogP contribution is 2.24. The molecule has 3 atom stereocenters. The summed E-state index contributed by atoms with van der Waals surface area (Å²) in [7, 11) is 0. The number of ether oxygens (including phenoxy) is 1. The largest absolute Gasteiger partial charge is 0.488 e. The Balaban J connectivity index is 2.00. The predicted molar refractivity (Wildman–Crippen MR) is 59.1 cm³/mol. The summed E-state index contributed by atoms with van der Waals surface area (Å²) in [5.74, 6) is 0.720. The zero-order valence-corrected chi connectivity index (χ0v) is 9.02. The SMILES string of the molecule is NC1CCC(Oc2ccc(Cl)cc2)C1O. The lowest BCUT2D eigenvalue weighted by atomic mass is 10.2. The van der Waals surface area contributed by atoms with Crippen LogP contribution < -0.4 is 10.5 Å². The van der Waals surface area contributed by atoms with Gasteiger partial charge in [-0.15, -0.1) is 0 Å². The van der Waals surface area contributed by atoms with E-state index in [1.807, 2.05) is 0 Å². The lowest BCUT2D eigenvalue weighted by Gasteiger charge is -2.18. The molecule has 0 bridgehead atoms. The van der Waals surface area contributed by atoms with Gasteiger partial charge < -0.3 is 15.6 Å². The maximum Gasteiger partial charge on any atom is 0.126 e. The maximum absolute atomic E-state index is 9.70. The highest BCUT2D eigenvalue weighted by Gasteiger charge is 2.33. The van der Waals surface area contributed by atoms with Gasteiger partial charge in [-0.2, -0.15) is 0 Å². The third-order valence-electron chi connectivity index (χ3n) is 2.71. The van der Waals surface area contributed by atoms with Crippen LogP contribution in [0.2, 0.25) is 5.02 Å². The fourth-order valence-electron chi connectivity index (χ4n) is 1.79. The van der Waals surface area contributed by atoms with E-state index in [9.17, 15) is 5.11 Å². The molecule has 0 amide bonds. The molecule has 3 nitrogen and oxygen atoms in total. The summed E-state index contributed by atoms with van der Waals surface area (Å²) in [4.78, 5) is 0. The quantitative estimate of drug-likeness (QED) is 0.807. The molecule has 1 aromatic carbocycles. The Labute approximate surface area is 93.8 Å². The van der Waals surface area contributed by atoms with Crippen molar-refractivity contribution >= 4 is 11.6 Å². The number of hydrogen-bond acceptors (Lipinski definition) is 3. The van der Waals surface area contributed by atoms with E-state index in [-0.39, 0.29) is 12.1 Å². The minimum atomic E-state index is -0.569. The Hall–Kier alpha value is -0.770. The van der Waals surface area contributed by atoms with Crippen molar-refractivity contribution in [1.82, 2.24) is 0 Å². The highest BCUT2D eigenvalue weighted by molar-refractivity contribution is 6.30. The lowest BCUT2D eigenvalue weighted by Crippen LogP contribution is -2.37. The number of aliphatic hydroxyl groups excluding tert-OH is 1. The van der Waals surface area contributed by atoms with Crippen LogP contribution in [-0.4, -0.2) is 23.4 Å². The monoisotopic (exact) mass is 227 g/mol. The first-order chi connectivity index (χ1) is 7.16. The van der Waals surface area contributed by atoms with Crippen molar-refractivity contribution in [1.29, 1.82) is 0 Å². The molecule has 1 aliphatic carbocycles. The fourth-order valence-corrected chi connectivity index (χ4v) is 1.92. The van der Waals surface area contributed by atoms with Gasteiger partial charge in [0.05, 0.1) is 0 Å². The van der Waals surface area contributed by atoms with Crippen molar-refractivity contribution < 1.29 is 9.84 Å². The molecule has 1 saturated carbocycles. The van der Waals surface area contributed by atoms with Gasteiger partial charge in [0.1, 0.15) is 18.0 Å². The molecule has 2 rings (SSSR count). The molecule has 1 fully saturated rings. The third kappa shape index (κ3) is 2.43. The zero-order valence-electron chi connectivity index (χ0n) is 8.27. The summed E-state index contributed by atoms with van der Waals surface area (Å²) in [5, 5.41) is 10.4. The number of halogens is 1. The van der Waals surface area contributed by atoms with Crippen LogP contribution in [0.3, 0.4) is 0 Å². The van der Waals surface area contributed by atoms with Crippen LogP contribution in [0.15, 0.2) is 24.3 Å². The second kappa shape index (κ2) is 4.39. The number of aliphatic hydroxyl groups is 1. The van der Waals surface area contributed by atoms with Crippen LogP contribution in [0.5, 0.6) is 5.75 Å². The Morgan fingerprint density at radius 2 is 1.93 bits per heavy atom.